The van der Waals surface area contributed by atoms with Gasteiger partial charge in [-0.2, -0.15) is 0 Å². The highest BCUT2D eigenvalue weighted by Gasteiger charge is 2.54. The van der Waals surface area contributed by atoms with Gasteiger partial charge in [-0.25, -0.2) is 9.78 Å². The summed E-state index contributed by atoms with van der Waals surface area (Å²) in [6, 6.07) is 2.70. The lowest BCUT2D eigenvalue weighted by Gasteiger charge is -2.49. The Bertz CT molecular complexity index is 1280. The Labute approximate surface area is 216 Å². The lowest BCUT2D eigenvalue weighted by molar-refractivity contribution is -0.150. The van der Waals surface area contributed by atoms with Gasteiger partial charge >= 0.3 is 5.97 Å². The first kappa shape index (κ1) is 25.4. The van der Waals surface area contributed by atoms with Crippen LogP contribution in [0.4, 0.5) is 5.13 Å². The third-order valence-corrected chi connectivity index (χ3v) is 8.04. The first-order valence-electron chi connectivity index (χ1n) is 10.2. The third kappa shape index (κ3) is 5.27. The summed E-state index contributed by atoms with van der Waals surface area (Å²) in [6.45, 7) is 0. The summed E-state index contributed by atoms with van der Waals surface area (Å²) in [4.78, 5) is 63.0. The van der Waals surface area contributed by atoms with E-state index in [0.717, 1.165) is 16.9 Å². The summed E-state index contributed by atoms with van der Waals surface area (Å²) in [6.07, 6.45) is 5.58. The van der Waals surface area contributed by atoms with Crippen LogP contribution in [0.15, 0.2) is 51.1 Å². The number of nitrogens with zero attached hydrogens (tertiary/aromatic N) is 4. The van der Waals surface area contributed by atoms with Crippen molar-refractivity contribution < 1.29 is 29.1 Å². The number of hydrogen-bond donors (Lipinski definition) is 3. The Kier molecular flexibility index (Phi) is 8.02. The fraction of sp³-hybridized carbons (Fsp3) is 0.190. The molecular weight excluding hydrogens is 528 g/mol. The van der Waals surface area contributed by atoms with Crippen molar-refractivity contribution in [2.45, 2.75) is 11.4 Å². The normalized spacial score (nSPS) is 19.5. The van der Waals surface area contributed by atoms with E-state index in [0.29, 0.717) is 17.1 Å². The van der Waals surface area contributed by atoms with Crippen LogP contribution in [0.3, 0.4) is 0 Å². The molecule has 2 aliphatic rings. The fourth-order valence-corrected chi connectivity index (χ4v) is 6.37. The number of thioether (sulfide) groups is 2. The van der Waals surface area contributed by atoms with Crippen molar-refractivity contribution >= 4 is 76.0 Å². The molecule has 186 valence electrons. The van der Waals surface area contributed by atoms with Gasteiger partial charge in [0.1, 0.15) is 29.9 Å². The number of thiazole rings is 1. The Hall–Kier alpha value is -3.69. The zero-order valence-corrected chi connectivity index (χ0v) is 20.9. The van der Waals surface area contributed by atoms with Gasteiger partial charge in [0.15, 0.2) is 10.8 Å². The van der Waals surface area contributed by atoms with Crippen LogP contribution in [0.5, 0.6) is 0 Å². The molecule has 1 fully saturated rings. The molecule has 15 heteroatoms. The molecule has 1 unspecified atom stereocenters. The smallest absolute Gasteiger partial charge is 0.353 e. The van der Waals surface area contributed by atoms with E-state index in [1.165, 1.54) is 40.9 Å². The maximum absolute atomic E-state index is 12.9. The summed E-state index contributed by atoms with van der Waals surface area (Å²) in [7, 11) is 1.25. The number of β-lactam (4-membered cyclic amide) rings is 1. The van der Waals surface area contributed by atoms with E-state index in [4.69, 9.17) is 4.84 Å². The van der Waals surface area contributed by atoms with Crippen LogP contribution in [-0.2, 0) is 24.0 Å². The Morgan fingerprint density at radius 1 is 1.42 bits per heavy atom. The number of oxime groups is 1. The minimum absolute atomic E-state index is 0.107. The molecule has 0 bridgehead atoms. The highest BCUT2D eigenvalue weighted by atomic mass is 32.2. The average molecular weight is 547 g/mol. The number of hydrogen-bond acceptors (Lipinski definition) is 11. The molecule has 4 heterocycles. The number of aliphatic carboxylic acids is 1. The van der Waals surface area contributed by atoms with Gasteiger partial charge in [-0.3, -0.25) is 24.3 Å². The molecule has 2 aromatic heterocycles. The van der Waals surface area contributed by atoms with E-state index < -0.39 is 29.2 Å². The number of carbonyl (C=O) groups is 4. The number of nitrogens with one attached hydrogen (secondary N) is 2. The molecule has 2 aromatic rings. The molecule has 36 heavy (non-hydrogen) atoms. The minimum atomic E-state index is -1.23. The molecule has 0 radical (unpaired) electrons. The molecule has 3 amide bonds. The summed E-state index contributed by atoms with van der Waals surface area (Å²) < 4.78 is 0. The molecule has 3 N–H and O–H groups in total. The largest absolute Gasteiger partial charge is 0.477 e. The van der Waals surface area contributed by atoms with E-state index in [2.05, 4.69) is 25.8 Å². The zero-order chi connectivity index (χ0) is 25.7. The predicted molar refractivity (Wildman–Crippen MR) is 136 cm³/mol. The summed E-state index contributed by atoms with van der Waals surface area (Å²) >= 11 is 3.64. The monoisotopic (exact) mass is 546 g/mol. The Morgan fingerprint density at radius 3 is 2.94 bits per heavy atom. The van der Waals surface area contributed by atoms with Gasteiger partial charge in [0.25, 0.3) is 11.8 Å². The van der Waals surface area contributed by atoms with Gasteiger partial charge in [-0.15, -0.1) is 23.1 Å². The highest BCUT2D eigenvalue weighted by Crippen LogP contribution is 2.43. The van der Waals surface area contributed by atoms with Crippen LogP contribution in [0.2, 0.25) is 0 Å². The fourth-order valence-electron chi connectivity index (χ4n) is 3.36. The number of carboxylic acids is 1. The number of carboxylic acid groups (broad SMARTS) is 1. The van der Waals surface area contributed by atoms with Crippen LogP contribution >= 0.6 is 34.9 Å². The molecule has 4 rings (SSSR count). The minimum Gasteiger partial charge on any atom is -0.477 e. The van der Waals surface area contributed by atoms with Crippen molar-refractivity contribution in [3.05, 3.63) is 57.2 Å². The molecule has 0 spiro atoms. The van der Waals surface area contributed by atoms with E-state index in [1.54, 1.807) is 29.9 Å². The first-order chi connectivity index (χ1) is 17.4. The van der Waals surface area contributed by atoms with Gasteiger partial charge in [-0.1, -0.05) is 23.0 Å². The molecule has 1 saturated heterocycles. The van der Waals surface area contributed by atoms with Crippen LogP contribution in [0, 0.1) is 0 Å². The number of aromatic nitrogens is 2. The number of anilines is 1. The number of pyridine rings is 1. The van der Waals surface area contributed by atoms with Crippen molar-refractivity contribution in [1.82, 2.24) is 20.2 Å². The molecule has 0 aromatic carbocycles. The van der Waals surface area contributed by atoms with E-state index in [9.17, 15) is 24.3 Å². The molecule has 2 atom stereocenters. The van der Waals surface area contributed by atoms with Crippen molar-refractivity contribution in [3.63, 3.8) is 0 Å². The second-order valence-corrected chi connectivity index (χ2v) is 10.0. The molecule has 12 nitrogen and oxygen atoms in total. The number of carbonyl (C=O) groups excluding carboxylic acids is 3. The maximum atomic E-state index is 12.9. The van der Waals surface area contributed by atoms with Crippen molar-refractivity contribution in [2.24, 2.45) is 5.16 Å². The molecule has 0 aliphatic carbocycles. The van der Waals surface area contributed by atoms with Crippen LogP contribution in [-0.4, -0.2) is 74.2 Å². The van der Waals surface area contributed by atoms with Crippen LogP contribution in [0.1, 0.15) is 11.3 Å². The SMILES string of the molecule is CON=C(C(=O)NC1C(=O)N2C(C(=O)O)=C(SC=Cc3cccnc3)CS[C@@H]12)c1csc(NC=O)n1. The summed E-state index contributed by atoms with van der Waals surface area (Å²) in [5, 5.41) is 21.4. The molecule has 2 aliphatic heterocycles. The summed E-state index contributed by atoms with van der Waals surface area (Å²) in [5.74, 6) is -2.16. The number of rotatable bonds is 10. The van der Waals surface area contributed by atoms with Gasteiger partial charge in [-0.05, 0) is 23.1 Å². The van der Waals surface area contributed by atoms with Gasteiger partial charge < -0.3 is 20.6 Å². The zero-order valence-electron chi connectivity index (χ0n) is 18.5. The van der Waals surface area contributed by atoms with Crippen LogP contribution in [0.25, 0.3) is 6.08 Å². The Balaban J connectivity index is 1.48. The highest BCUT2D eigenvalue weighted by molar-refractivity contribution is 8.08. The topological polar surface area (TPSA) is 163 Å². The van der Waals surface area contributed by atoms with Gasteiger partial charge in [0.2, 0.25) is 6.41 Å². The lowest BCUT2D eigenvalue weighted by Crippen LogP contribution is -2.71. The second-order valence-electron chi connectivity index (χ2n) is 7.07. The van der Waals surface area contributed by atoms with E-state index in [-0.39, 0.29) is 22.2 Å². The van der Waals surface area contributed by atoms with E-state index >= 15 is 0 Å². The predicted octanol–water partition coefficient (Wildman–Crippen LogP) is 1.56. The van der Waals surface area contributed by atoms with Gasteiger partial charge in [0, 0.05) is 28.4 Å². The van der Waals surface area contributed by atoms with Crippen molar-refractivity contribution in [1.29, 1.82) is 0 Å². The summed E-state index contributed by atoms with van der Waals surface area (Å²) in [5.41, 5.74) is 0.707. The van der Waals surface area contributed by atoms with Gasteiger partial charge in [0.05, 0.1) is 0 Å². The first-order valence-corrected chi connectivity index (χ1v) is 13.0. The van der Waals surface area contributed by atoms with E-state index in [1.807, 2.05) is 6.07 Å². The standard InChI is InChI=1S/C21H18N6O6S3/c1-33-26-14(12-8-36-21(24-12)23-10-28)17(29)25-15-18(30)27-16(20(31)32)13(9-35-19(15)27)34-6-4-11-3-2-5-22-7-11/h2-8,10,15,19H,9H2,1H3,(H,25,29)(H,31,32)(H,23,24,28)/t15?,19-/m0/s1. The third-order valence-electron chi connectivity index (χ3n) is 4.90. The second kappa shape index (κ2) is 11.4. The van der Waals surface area contributed by atoms with Crippen molar-refractivity contribution in [2.75, 3.05) is 18.2 Å². The molecule has 0 saturated carbocycles. The van der Waals surface area contributed by atoms with Crippen LogP contribution < -0.4 is 10.6 Å². The average Bonchev–Trinajstić information content (AvgIpc) is 3.34. The maximum Gasteiger partial charge on any atom is 0.353 e. The molecular formula is C21H18N6O6S3. The quantitative estimate of drug-likeness (QED) is 0.172. The lowest BCUT2D eigenvalue weighted by atomic mass is 10.0. The number of fused-ring (bicyclic) bond motifs is 1. The number of amides is 3. The van der Waals surface area contributed by atoms with Crippen molar-refractivity contribution in [3.8, 4) is 0 Å². The Morgan fingerprint density at radius 2 is 2.25 bits per heavy atom.